The van der Waals surface area contributed by atoms with Gasteiger partial charge in [0.25, 0.3) is 0 Å². The number of alkyl halides is 3. The van der Waals surface area contributed by atoms with E-state index in [9.17, 15) is 26.4 Å². The van der Waals surface area contributed by atoms with Gasteiger partial charge in [0.1, 0.15) is 0 Å². The van der Waals surface area contributed by atoms with Gasteiger partial charge in [-0.15, -0.1) is 0 Å². The van der Waals surface area contributed by atoms with Crippen LogP contribution in [0.5, 0.6) is 0 Å². The molecule has 0 radical (unpaired) electrons. The van der Waals surface area contributed by atoms with Crippen molar-refractivity contribution in [2.75, 3.05) is 0 Å². The lowest BCUT2D eigenvalue weighted by molar-refractivity contribution is -0.137. The Bertz CT molecular complexity index is 988. The first-order chi connectivity index (χ1) is 14.4. The average molecular weight is 457 g/mol. The van der Waals surface area contributed by atoms with Gasteiger partial charge < -0.3 is 5.32 Å². The van der Waals surface area contributed by atoms with Crippen molar-refractivity contribution in [2.45, 2.75) is 57.6 Å². The summed E-state index contributed by atoms with van der Waals surface area (Å²) < 4.78 is 65.0. The van der Waals surface area contributed by atoms with Crippen LogP contribution in [-0.2, 0) is 33.3 Å². The Labute approximate surface area is 181 Å². The van der Waals surface area contributed by atoms with Crippen molar-refractivity contribution in [2.24, 2.45) is 0 Å². The van der Waals surface area contributed by atoms with Crippen molar-refractivity contribution in [3.8, 4) is 0 Å². The van der Waals surface area contributed by atoms with Crippen molar-refractivity contribution in [1.29, 1.82) is 0 Å². The third-order valence-electron chi connectivity index (χ3n) is 4.65. The molecule has 1 atom stereocenters. The number of amides is 1. The molecule has 0 heterocycles. The monoisotopic (exact) mass is 456 g/mol. The summed E-state index contributed by atoms with van der Waals surface area (Å²) in [6, 6.07) is 11.5. The van der Waals surface area contributed by atoms with E-state index in [0.717, 1.165) is 12.1 Å². The van der Waals surface area contributed by atoms with Crippen LogP contribution >= 0.6 is 0 Å². The van der Waals surface area contributed by atoms with Crippen molar-refractivity contribution in [3.05, 3.63) is 70.8 Å². The van der Waals surface area contributed by atoms with Gasteiger partial charge in [0, 0.05) is 19.0 Å². The second-order valence-corrected chi connectivity index (χ2v) is 9.56. The maximum absolute atomic E-state index is 12.7. The Morgan fingerprint density at radius 1 is 0.968 bits per heavy atom. The Morgan fingerprint density at radius 3 is 2.10 bits per heavy atom. The quantitative estimate of drug-likeness (QED) is 0.589. The summed E-state index contributed by atoms with van der Waals surface area (Å²) in [6.07, 6.45) is -4.30. The van der Waals surface area contributed by atoms with E-state index in [2.05, 4.69) is 10.0 Å². The number of benzene rings is 2. The van der Waals surface area contributed by atoms with Crippen LogP contribution in [0.2, 0.25) is 0 Å². The van der Waals surface area contributed by atoms with Crippen LogP contribution < -0.4 is 10.0 Å². The van der Waals surface area contributed by atoms with E-state index in [-0.39, 0.29) is 36.6 Å². The number of hydrogen-bond acceptors (Lipinski definition) is 3. The van der Waals surface area contributed by atoms with E-state index >= 15 is 0 Å². The second-order valence-electron chi connectivity index (χ2n) is 7.80. The number of rotatable bonds is 9. The van der Waals surface area contributed by atoms with E-state index in [1.807, 2.05) is 0 Å². The van der Waals surface area contributed by atoms with E-state index in [0.29, 0.717) is 16.7 Å². The van der Waals surface area contributed by atoms with Gasteiger partial charge in [-0.3, -0.25) is 4.79 Å². The maximum atomic E-state index is 12.7. The number of hydrogen-bond donors (Lipinski definition) is 2. The highest BCUT2D eigenvalue weighted by atomic mass is 32.2. The van der Waals surface area contributed by atoms with Crippen molar-refractivity contribution < 1.29 is 26.4 Å². The van der Waals surface area contributed by atoms with E-state index in [4.69, 9.17) is 0 Å². The molecular weight excluding hydrogens is 429 g/mol. The molecule has 0 spiro atoms. The Morgan fingerprint density at radius 2 is 1.55 bits per heavy atom. The maximum Gasteiger partial charge on any atom is 0.416 e. The van der Waals surface area contributed by atoms with Gasteiger partial charge in [-0.25, -0.2) is 13.1 Å². The van der Waals surface area contributed by atoms with Crippen molar-refractivity contribution in [3.63, 3.8) is 0 Å². The molecule has 0 aliphatic heterocycles. The molecule has 170 valence electrons. The predicted octanol–water partition coefficient (Wildman–Crippen LogP) is 4.34. The number of carbonyl (C=O) groups is 1. The zero-order valence-corrected chi connectivity index (χ0v) is 18.5. The largest absolute Gasteiger partial charge is 0.416 e. The molecule has 0 saturated carbocycles. The van der Waals surface area contributed by atoms with Gasteiger partial charge >= 0.3 is 6.18 Å². The number of sulfonamides is 1. The summed E-state index contributed by atoms with van der Waals surface area (Å²) in [4.78, 5) is 12.3. The highest BCUT2D eigenvalue weighted by molar-refractivity contribution is 7.88. The molecule has 31 heavy (non-hydrogen) atoms. The summed E-state index contributed by atoms with van der Waals surface area (Å²) in [7, 11) is -3.51. The zero-order chi connectivity index (χ0) is 23.2. The Balaban J connectivity index is 1.97. The Kier molecular flexibility index (Phi) is 8.25. The highest BCUT2D eigenvalue weighted by Gasteiger charge is 2.30. The van der Waals surface area contributed by atoms with Crippen LogP contribution in [0.4, 0.5) is 13.2 Å². The van der Waals surface area contributed by atoms with Gasteiger partial charge in [-0.1, -0.05) is 43.3 Å². The van der Waals surface area contributed by atoms with Crippen LogP contribution in [0, 0.1) is 0 Å². The fraction of sp³-hybridized carbons (Fsp3) is 0.409. The molecule has 2 aromatic carbocycles. The first-order valence-corrected chi connectivity index (χ1v) is 11.5. The molecule has 1 amide bonds. The highest BCUT2D eigenvalue weighted by Crippen LogP contribution is 2.30. The summed E-state index contributed by atoms with van der Waals surface area (Å²) in [5.74, 6) is -0.738. The minimum Gasteiger partial charge on any atom is -0.352 e. The number of halogens is 3. The van der Waals surface area contributed by atoms with Crippen LogP contribution in [-0.4, -0.2) is 20.4 Å². The van der Waals surface area contributed by atoms with Gasteiger partial charge in [-0.05, 0) is 48.6 Å². The zero-order valence-electron chi connectivity index (χ0n) is 17.7. The molecule has 0 bridgehead atoms. The molecule has 2 N–H and O–H groups in total. The molecule has 2 aromatic rings. The SMILES string of the molecule is CC(C)NS(=O)(=O)Cc1ccccc1CNC(=O)CC(C)c1ccc(C(F)(F)F)cc1. The van der Waals surface area contributed by atoms with Crippen LogP contribution in [0.15, 0.2) is 48.5 Å². The molecule has 0 aliphatic rings. The molecular formula is C22H27F3N2O3S. The fourth-order valence-electron chi connectivity index (χ4n) is 3.14. The first-order valence-electron chi connectivity index (χ1n) is 9.88. The normalized spacial score (nSPS) is 13.3. The molecule has 1 unspecified atom stereocenters. The molecule has 0 aliphatic carbocycles. The lowest BCUT2D eigenvalue weighted by atomic mass is 9.96. The van der Waals surface area contributed by atoms with Crippen LogP contribution in [0.1, 0.15) is 55.4 Å². The number of carbonyl (C=O) groups excluding carboxylic acids is 1. The lowest BCUT2D eigenvalue weighted by Crippen LogP contribution is -2.32. The summed E-state index contributed by atoms with van der Waals surface area (Å²) >= 11 is 0. The number of nitrogens with one attached hydrogen (secondary N) is 2. The van der Waals surface area contributed by atoms with E-state index in [1.54, 1.807) is 45.0 Å². The van der Waals surface area contributed by atoms with Gasteiger partial charge in [0.15, 0.2) is 0 Å². The van der Waals surface area contributed by atoms with Gasteiger partial charge in [0.05, 0.1) is 11.3 Å². The third-order valence-corrected chi connectivity index (χ3v) is 6.18. The van der Waals surface area contributed by atoms with E-state index < -0.39 is 21.8 Å². The second kappa shape index (κ2) is 10.3. The lowest BCUT2D eigenvalue weighted by Gasteiger charge is -2.15. The Hall–Kier alpha value is -2.39. The smallest absolute Gasteiger partial charge is 0.352 e. The fourth-order valence-corrected chi connectivity index (χ4v) is 4.63. The molecule has 0 fully saturated rings. The molecule has 9 heteroatoms. The summed E-state index contributed by atoms with van der Waals surface area (Å²) in [5.41, 5.74) is 1.18. The standard InChI is InChI=1S/C22H27F3N2O3S/c1-15(2)27-31(29,30)14-19-7-5-4-6-18(19)13-26-21(28)12-16(3)17-8-10-20(11-9-17)22(23,24)25/h4-11,15-16,27H,12-14H2,1-3H3,(H,26,28). The van der Waals surface area contributed by atoms with Crippen LogP contribution in [0.3, 0.4) is 0 Å². The minimum atomic E-state index is -4.40. The van der Waals surface area contributed by atoms with Gasteiger partial charge in [-0.2, -0.15) is 13.2 Å². The minimum absolute atomic E-state index is 0.0980. The van der Waals surface area contributed by atoms with Crippen LogP contribution in [0.25, 0.3) is 0 Å². The summed E-state index contributed by atoms with van der Waals surface area (Å²) in [5, 5.41) is 2.77. The molecule has 2 rings (SSSR count). The van der Waals surface area contributed by atoms with Gasteiger partial charge in [0.2, 0.25) is 15.9 Å². The van der Waals surface area contributed by atoms with Crippen molar-refractivity contribution in [1.82, 2.24) is 10.0 Å². The first kappa shape index (κ1) is 24.9. The molecule has 0 saturated heterocycles. The summed E-state index contributed by atoms with van der Waals surface area (Å²) in [6.45, 7) is 5.40. The molecule has 0 aromatic heterocycles. The van der Waals surface area contributed by atoms with Crippen molar-refractivity contribution >= 4 is 15.9 Å². The average Bonchev–Trinajstić information content (AvgIpc) is 2.65. The van der Waals surface area contributed by atoms with E-state index in [1.165, 1.54) is 12.1 Å². The molecule has 5 nitrogen and oxygen atoms in total. The third kappa shape index (κ3) is 7.99. The predicted molar refractivity (Wildman–Crippen MR) is 114 cm³/mol. The topological polar surface area (TPSA) is 75.3 Å².